The first kappa shape index (κ1) is 11.3. The normalized spacial score (nSPS) is 16.5. The predicted octanol–water partition coefficient (Wildman–Crippen LogP) is 3.00. The van der Waals surface area contributed by atoms with E-state index < -0.39 is 5.97 Å². The lowest BCUT2D eigenvalue weighted by atomic mass is 10.2. The fourth-order valence-electron chi connectivity index (χ4n) is 2.03. The average Bonchev–Trinajstić information content (AvgIpc) is 2.73. The molecule has 0 atom stereocenters. The van der Waals surface area contributed by atoms with E-state index in [4.69, 9.17) is 10.8 Å². The molecular weight excluding hydrogens is 222 g/mol. The Morgan fingerprint density at radius 3 is 2.69 bits per heavy atom. The van der Waals surface area contributed by atoms with E-state index in [1.54, 1.807) is 30.0 Å². The molecule has 0 saturated heterocycles. The lowest BCUT2D eigenvalue weighted by Crippen LogP contribution is -2.04. The Kier molecular flexibility index (Phi) is 3.39. The van der Waals surface area contributed by atoms with Crippen LogP contribution in [0.15, 0.2) is 23.1 Å². The quantitative estimate of drug-likeness (QED) is 0.793. The van der Waals surface area contributed by atoms with Crippen molar-refractivity contribution in [3.05, 3.63) is 23.8 Å². The largest absolute Gasteiger partial charge is 0.478 e. The molecule has 1 aliphatic carbocycles. The van der Waals surface area contributed by atoms with Crippen LogP contribution in [0.25, 0.3) is 0 Å². The summed E-state index contributed by atoms with van der Waals surface area (Å²) in [6, 6.07) is 5.08. The van der Waals surface area contributed by atoms with Gasteiger partial charge in [0.25, 0.3) is 0 Å². The molecule has 0 heterocycles. The maximum absolute atomic E-state index is 11.1. The van der Waals surface area contributed by atoms with E-state index in [1.807, 2.05) is 0 Å². The van der Waals surface area contributed by atoms with Gasteiger partial charge in [0.1, 0.15) is 0 Å². The summed E-state index contributed by atoms with van der Waals surface area (Å²) in [6.45, 7) is 0. The minimum absolute atomic E-state index is 0.330. The Morgan fingerprint density at radius 2 is 2.06 bits per heavy atom. The molecule has 2 rings (SSSR count). The number of nitrogens with two attached hydrogens (primary N) is 1. The number of benzene rings is 1. The molecule has 1 aliphatic rings. The van der Waals surface area contributed by atoms with Crippen molar-refractivity contribution in [2.24, 2.45) is 0 Å². The van der Waals surface area contributed by atoms with Gasteiger partial charge in [0.05, 0.1) is 5.56 Å². The summed E-state index contributed by atoms with van der Waals surface area (Å²) >= 11 is 1.63. The zero-order valence-electron chi connectivity index (χ0n) is 8.98. The van der Waals surface area contributed by atoms with Crippen LogP contribution in [0.3, 0.4) is 0 Å². The van der Waals surface area contributed by atoms with Crippen molar-refractivity contribution in [2.45, 2.75) is 35.8 Å². The number of hydrogen-bond acceptors (Lipinski definition) is 3. The van der Waals surface area contributed by atoms with Crippen molar-refractivity contribution in [3.8, 4) is 0 Å². The highest BCUT2D eigenvalue weighted by Crippen LogP contribution is 2.39. The SMILES string of the molecule is Nc1cccc(C(=O)O)c1SC1CCCC1. The number of aromatic carboxylic acids is 1. The van der Waals surface area contributed by atoms with Crippen molar-refractivity contribution < 1.29 is 9.90 Å². The van der Waals surface area contributed by atoms with E-state index in [2.05, 4.69) is 0 Å². The summed E-state index contributed by atoms with van der Waals surface area (Å²) in [5.41, 5.74) is 6.76. The van der Waals surface area contributed by atoms with Crippen molar-refractivity contribution in [2.75, 3.05) is 5.73 Å². The van der Waals surface area contributed by atoms with Crippen LogP contribution in [0.1, 0.15) is 36.0 Å². The molecular formula is C12H15NO2S. The minimum atomic E-state index is -0.896. The second-order valence-electron chi connectivity index (χ2n) is 4.05. The summed E-state index contributed by atoms with van der Waals surface area (Å²) in [4.78, 5) is 11.8. The van der Waals surface area contributed by atoms with Gasteiger partial charge >= 0.3 is 5.97 Å². The summed E-state index contributed by atoms with van der Waals surface area (Å²) in [6.07, 6.45) is 4.82. The highest BCUT2D eigenvalue weighted by atomic mass is 32.2. The zero-order valence-corrected chi connectivity index (χ0v) is 9.80. The van der Waals surface area contributed by atoms with Gasteiger partial charge in [-0.05, 0) is 25.0 Å². The third-order valence-electron chi connectivity index (χ3n) is 2.86. The number of carbonyl (C=O) groups is 1. The van der Waals surface area contributed by atoms with Crippen molar-refractivity contribution in [1.82, 2.24) is 0 Å². The fourth-order valence-corrected chi connectivity index (χ4v) is 3.42. The third kappa shape index (κ3) is 2.32. The van der Waals surface area contributed by atoms with Crippen LogP contribution >= 0.6 is 11.8 Å². The lowest BCUT2D eigenvalue weighted by molar-refractivity contribution is 0.0693. The molecule has 0 bridgehead atoms. The Labute approximate surface area is 99.0 Å². The van der Waals surface area contributed by atoms with Gasteiger partial charge in [0.15, 0.2) is 0 Å². The number of nitrogen functional groups attached to an aromatic ring is 1. The van der Waals surface area contributed by atoms with Crippen LogP contribution in [0, 0.1) is 0 Å². The number of carboxylic acids is 1. The van der Waals surface area contributed by atoms with E-state index in [9.17, 15) is 4.79 Å². The molecule has 3 N–H and O–H groups in total. The molecule has 0 aliphatic heterocycles. The topological polar surface area (TPSA) is 63.3 Å². The van der Waals surface area contributed by atoms with Crippen LogP contribution in [-0.2, 0) is 0 Å². The molecule has 1 fully saturated rings. The first-order valence-electron chi connectivity index (χ1n) is 5.47. The number of hydrogen-bond donors (Lipinski definition) is 2. The van der Waals surface area contributed by atoms with Gasteiger partial charge in [0.2, 0.25) is 0 Å². The fraction of sp³-hybridized carbons (Fsp3) is 0.417. The molecule has 4 heteroatoms. The highest BCUT2D eigenvalue weighted by Gasteiger charge is 2.21. The molecule has 86 valence electrons. The number of carboxylic acid groups (broad SMARTS) is 1. The van der Waals surface area contributed by atoms with Crippen LogP contribution in [-0.4, -0.2) is 16.3 Å². The van der Waals surface area contributed by atoms with E-state index >= 15 is 0 Å². The van der Waals surface area contributed by atoms with Gasteiger partial charge in [-0.2, -0.15) is 0 Å². The average molecular weight is 237 g/mol. The summed E-state index contributed by atoms with van der Waals surface area (Å²) in [5.74, 6) is -0.896. The van der Waals surface area contributed by atoms with Crippen molar-refractivity contribution >= 4 is 23.4 Å². The van der Waals surface area contributed by atoms with Gasteiger partial charge in [-0.1, -0.05) is 18.9 Å². The molecule has 0 aromatic heterocycles. The number of thioether (sulfide) groups is 1. The lowest BCUT2D eigenvalue weighted by Gasteiger charge is -2.13. The van der Waals surface area contributed by atoms with E-state index in [-0.39, 0.29) is 0 Å². The van der Waals surface area contributed by atoms with Crippen LogP contribution in [0.5, 0.6) is 0 Å². The van der Waals surface area contributed by atoms with Gasteiger partial charge < -0.3 is 10.8 Å². The van der Waals surface area contributed by atoms with Gasteiger partial charge in [0, 0.05) is 15.8 Å². The molecule has 0 radical (unpaired) electrons. The molecule has 1 saturated carbocycles. The predicted molar refractivity (Wildman–Crippen MR) is 65.9 cm³/mol. The summed E-state index contributed by atoms with van der Waals surface area (Å²) < 4.78 is 0. The van der Waals surface area contributed by atoms with E-state index in [1.165, 1.54) is 12.8 Å². The van der Waals surface area contributed by atoms with E-state index in [0.717, 1.165) is 17.7 Å². The maximum Gasteiger partial charge on any atom is 0.336 e. The molecule has 0 unspecified atom stereocenters. The Hall–Kier alpha value is -1.16. The maximum atomic E-state index is 11.1. The summed E-state index contributed by atoms with van der Waals surface area (Å²) in [7, 11) is 0. The van der Waals surface area contributed by atoms with Gasteiger partial charge in [-0.25, -0.2) is 4.79 Å². The standard InChI is InChI=1S/C12H15NO2S/c13-10-7-3-6-9(12(14)15)11(10)16-8-4-1-2-5-8/h3,6-8H,1-2,4-5,13H2,(H,14,15). The Balaban J connectivity index is 2.26. The van der Waals surface area contributed by atoms with Crippen molar-refractivity contribution in [1.29, 1.82) is 0 Å². The second-order valence-corrected chi connectivity index (χ2v) is 5.36. The van der Waals surface area contributed by atoms with Crippen LogP contribution in [0.2, 0.25) is 0 Å². The van der Waals surface area contributed by atoms with Crippen LogP contribution in [0.4, 0.5) is 5.69 Å². The smallest absolute Gasteiger partial charge is 0.336 e. The molecule has 0 amide bonds. The number of anilines is 1. The first-order valence-corrected chi connectivity index (χ1v) is 6.35. The number of rotatable bonds is 3. The highest BCUT2D eigenvalue weighted by molar-refractivity contribution is 8.00. The molecule has 16 heavy (non-hydrogen) atoms. The van der Waals surface area contributed by atoms with E-state index in [0.29, 0.717) is 16.5 Å². The first-order chi connectivity index (χ1) is 7.68. The zero-order chi connectivity index (χ0) is 11.5. The monoisotopic (exact) mass is 237 g/mol. The van der Waals surface area contributed by atoms with Crippen LogP contribution < -0.4 is 5.73 Å². The molecule has 1 aromatic carbocycles. The molecule has 1 aromatic rings. The molecule has 3 nitrogen and oxygen atoms in total. The Bertz CT molecular complexity index is 400. The van der Waals surface area contributed by atoms with Crippen molar-refractivity contribution in [3.63, 3.8) is 0 Å². The Morgan fingerprint density at radius 1 is 1.38 bits per heavy atom. The summed E-state index contributed by atoms with van der Waals surface area (Å²) in [5, 5.41) is 9.63. The second kappa shape index (κ2) is 4.78. The van der Waals surface area contributed by atoms with Gasteiger partial charge in [-0.3, -0.25) is 0 Å². The van der Waals surface area contributed by atoms with Gasteiger partial charge in [-0.15, -0.1) is 11.8 Å². The third-order valence-corrected chi connectivity index (χ3v) is 4.36. The molecule has 0 spiro atoms. The minimum Gasteiger partial charge on any atom is -0.478 e.